The highest BCUT2D eigenvalue weighted by atomic mass is 16.5. The molecule has 0 aliphatic carbocycles. The second-order valence-electron chi connectivity index (χ2n) is 5.20. The van der Waals surface area contributed by atoms with Gasteiger partial charge < -0.3 is 4.74 Å². The van der Waals surface area contributed by atoms with Crippen LogP contribution in [0.2, 0.25) is 0 Å². The van der Waals surface area contributed by atoms with Gasteiger partial charge in [0.1, 0.15) is 0 Å². The lowest BCUT2D eigenvalue weighted by molar-refractivity contribution is -0.0527. The van der Waals surface area contributed by atoms with Gasteiger partial charge in [0.15, 0.2) is 0 Å². The summed E-state index contributed by atoms with van der Waals surface area (Å²) in [7, 11) is 0. The molecule has 2 aliphatic heterocycles. The fourth-order valence-corrected chi connectivity index (χ4v) is 3.12. The topological polar surface area (TPSA) is 36.3 Å². The Kier molecular flexibility index (Phi) is 3.31. The third-order valence-corrected chi connectivity index (χ3v) is 3.98. The van der Waals surface area contributed by atoms with E-state index in [1.165, 1.54) is 18.4 Å². The van der Waals surface area contributed by atoms with E-state index in [1.54, 1.807) is 0 Å². The van der Waals surface area contributed by atoms with Crippen LogP contribution in [0.1, 0.15) is 30.9 Å². The highest BCUT2D eigenvalue weighted by molar-refractivity contribution is 5.20. The molecule has 0 N–H and O–H groups in total. The average molecular weight is 242 g/mol. The first kappa shape index (κ1) is 11.7. The highest BCUT2D eigenvalue weighted by Gasteiger charge is 2.36. The minimum Gasteiger partial charge on any atom is -0.372 e. The summed E-state index contributed by atoms with van der Waals surface area (Å²) >= 11 is 0. The zero-order valence-electron chi connectivity index (χ0n) is 10.5. The van der Waals surface area contributed by atoms with Crippen LogP contribution in [0.4, 0.5) is 0 Å². The zero-order valence-corrected chi connectivity index (χ0v) is 10.5. The first-order chi connectivity index (χ1) is 8.86. The summed E-state index contributed by atoms with van der Waals surface area (Å²) in [6.07, 6.45) is 3.68. The third kappa shape index (κ3) is 2.27. The number of ether oxygens (including phenoxy) is 1. The fourth-order valence-electron chi connectivity index (χ4n) is 3.12. The van der Waals surface area contributed by atoms with Crippen molar-refractivity contribution in [3.63, 3.8) is 0 Å². The Balaban J connectivity index is 1.80. The van der Waals surface area contributed by atoms with E-state index in [0.717, 1.165) is 13.1 Å². The molecule has 2 fully saturated rings. The maximum atomic E-state index is 9.07. The van der Waals surface area contributed by atoms with Crippen LogP contribution in [0, 0.1) is 11.3 Å². The lowest BCUT2D eigenvalue weighted by Crippen LogP contribution is -2.44. The van der Waals surface area contributed by atoms with E-state index in [2.05, 4.69) is 35.2 Å². The molecule has 2 heterocycles. The Morgan fingerprint density at radius 2 is 1.89 bits per heavy atom. The van der Waals surface area contributed by atoms with Gasteiger partial charge in [0, 0.05) is 19.1 Å². The first-order valence-electron chi connectivity index (χ1n) is 6.68. The van der Waals surface area contributed by atoms with Crippen molar-refractivity contribution in [2.45, 2.75) is 37.5 Å². The molecular weight excluding hydrogens is 224 g/mol. The standard InChI is InChI=1S/C15H18N2O/c16-9-8-15(12-4-2-1-3-5-12)17-10-13-6-7-14(11-17)18-13/h1-5,13-15H,6-8,10-11H2. The van der Waals surface area contributed by atoms with Crippen molar-refractivity contribution in [2.75, 3.05) is 13.1 Å². The Labute approximate surface area is 108 Å². The Morgan fingerprint density at radius 1 is 1.22 bits per heavy atom. The number of rotatable bonds is 3. The van der Waals surface area contributed by atoms with Crippen LogP contribution in [0.5, 0.6) is 0 Å². The number of likely N-dealkylation sites (tertiary alicyclic amines) is 1. The van der Waals surface area contributed by atoms with Crippen molar-refractivity contribution >= 4 is 0 Å². The summed E-state index contributed by atoms with van der Waals surface area (Å²) in [5.41, 5.74) is 1.25. The van der Waals surface area contributed by atoms with Crippen molar-refractivity contribution in [1.82, 2.24) is 4.90 Å². The Morgan fingerprint density at radius 3 is 2.50 bits per heavy atom. The summed E-state index contributed by atoms with van der Waals surface area (Å²) in [6.45, 7) is 1.94. The predicted molar refractivity (Wildman–Crippen MR) is 68.9 cm³/mol. The van der Waals surface area contributed by atoms with Gasteiger partial charge in [0.25, 0.3) is 0 Å². The summed E-state index contributed by atoms with van der Waals surface area (Å²) in [5, 5.41) is 9.07. The van der Waals surface area contributed by atoms with Crippen LogP contribution in [-0.4, -0.2) is 30.2 Å². The molecule has 0 aromatic heterocycles. The van der Waals surface area contributed by atoms with Gasteiger partial charge in [-0.1, -0.05) is 30.3 Å². The number of fused-ring (bicyclic) bond motifs is 2. The van der Waals surface area contributed by atoms with Gasteiger partial charge in [-0.15, -0.1) is 0 Å². The van der Waals surface area contributed by atoms with Crippen molar-refractivity contribution in [3.05, 3.63) is 35.9 Å². The second kappa shape index (κ2) is 5.09. The van der Waals surface area contributed by atoms with Crippen molar-refractivity contribution < 1.29 is 4.74 Å². The number of nitrogens with zero attached hydrogens (tertiary/aromatic N) is 2. The van der Waals surface area contributed by atoms with E-state index in [0.29, 0.717) is 18.6 Å². The molecule has 18 heavy (non-hydrogen) atoms. The molecule has 2 saturated heterocycles. The monoisotopic (exact) mass is 242 g/mol. The normalized spacial score (nSPS) is 28.8. The predicted octanol–water partition coefficient (Wildman–Crippen LogP) is 2.50. The molecule has 3 heteroatoms. The largest absolute Gasteiger partial charge is 0.372 e. The van der Waals surface area contributed by atoms with Crippen LogP contribution in [0.3, 0.4) is 0 Å². The lowest BCUT2D eigenvalue weighted by Gasteiger charge is -2.37. The zero-order chi connectivity index (χ0) is 12.4. The molecule has 3 atom stereocenters. The average Bonchev–Trinajstić information content (AvgIpc) is 2.76. The van der Waals surface area contributed by atoms with E-state index in [1.807, 2.05) is 6.07 Å². The maximum Gasteiger partial charge on any atom is 0.0707 e. The molecule has 0 spiro atoms. The van der Waals surface area contributed by atoms with Crippen molar-refractivity contribution in [3.8, 4) is 6.07 Å². The number of hydrogen-bond acceptors (Lipinski definition) is 3. The van der Waals surface area contributed by atoms with Crippen LogP contribution < -0.4 is 0 Å². The molecule has 1 aromatic carbocycles. The lowest BCUT2D eigenvalue weighted by atomic mass is 10.0. The number of hydrogen-bond donors (Lipinski definition) is 0. The SMILES string of the molecule is N#CCC(c1ccccc1)N1CC2CCC(C1)O2. The van der Waals surface area contributed by atoms with Crippen LogP contribution in [-0.2, 0) is 4.74 Å². The highest BCUT2D eigenvalue weighted by Crippen LogP contribution is 2.33. The van der Waals surface area contributed by atoms with Gasteiger partial charge in [0.05, 0.1) is 24.7 Å². The minimum atomic E-state index is 0.225. The van der Waals surface area contributed by atoms with E-state index >= 15 is 0 Å². The van der Waals surface area contributed by atoms with Crippen LogP contribution >= 0.6 is 0 Å². The van der Waals surface area contributed by atoms with E-state index in [4.69, 9.17) is 10.00 Å². The maximum absolute atomic E-state index is 9.07. The van der Waals surface area contributed by atoms with Gasteiger partial charge in [-0.25, -0.2) is 0 Å². The summed E-state index contributed by atoms with van der Waals surface area (Å²) in [4.78, 5) is 2.43. The number of morpholine rings is 1. The molecule has 3 unspecified atom stereocenters. The molecule has 2 bridgehead atoms. The van der Waals surface area contributed by atoms with Gasteiger partial charge >= 0.3 is 0 Å². The third-order valence-electron chi connectivity index (χ3n) is 3.98. The van der Waals surface area contributed by atoms with E-state index < -0.39 is 0 Å². The van der Waals surface area contributed by atoms with Gasteiger partial charge in [0.2, 0.25) is 0 Å². The van der Waals surface area contributed by atoms with Crippen molar-refractivity contribution in [2.24, 2.45) is 0 Å². The molecule has 94 valence electrons. The first-order valence-corrected chi connectivity index (χ1v) is 6.68. The molecular formula is C15H18N2O. The molecule has 1 aromatic rings. The van der Waals surface area contributed by atoms with Gasteiger partial charge in [-0.2, -0.15) is 5.26 Å². The Bertz CT molecular complexity index is 428. The molecule has 0 radical (unpaired) electrons. The molecule has 2 aliphatic rings. The molecule has 3 rings (SSSR count). The van der Waals surface area contributed by atoms with Gasteiger partial charge in [-0.3, -0.25) is 4.90 Å². The van der Waals surface area contributed by atoms with Crippen LogP contribution in [0.25, 0.3) is 0 Å². The second-order valence-corrected chi connectivity index (χ2v) is 5.20. The number of nitriles is 1. The van der Waals surface area contributed by atoms with E-state index in [-0.39, 0.29) is 6.04 Å². The summed E-state index contributed by atoms with van der Waals surface area (Å²) < 4.78 is 5.87. The molecule has 0 amide bonds. The minimum absolute atomic E-state index is 0.225. The quantitative estimate of drug-likeness (QED) is 0.817. The smallest absolute Gasteiger partial charge is 0.0707 e. The van der Waals surface area contributed by atoms with Crippen LogP contribution in [0.15, 0.2) is 30.3 Å². The van der Waals surface area contributed by atoms with Crippen molar-refractivity contribution in [1.29, 1.82) is 5.26 Å². The van der Waals surface area contributed by atoms with Gasteiger partial charge in [-0.05, 0) is 18.4 Å². The Hall–Kier alpha value is -1.37. The van der Waals surface area contributed by atoms with E-state index in [9.17, 15) is 0 Å². The molecule has 3 nitrogen and oxygen atoms in total. The number of benzene rings is 1. The fraction of sp³-hybridized carbons (Fsp3) is 0.533. The summed E-state index contributed by atoms with van der Waals surface area (Å²) in [5.74, 6) is 0. The summed E-state index contributed by atoms with van der Waals surface area (Å²) in [6, 6.07) is 12.9. The molecule has 0 saturated carbocycles.